The maximum Gasteiger partial charge on any atom is 0.234 e. The first kappa shape index (κ1) is 21.8. The minimum absolute atomic E-state index is 0.161. The number of hydrogen-bond donors (Lipinski definition) is 0. The summed E-state index contributed by atoms with van der Waals surface area (Å²) in [4.78, 5) is 9.35. The van der Waals surface area contributed by atoms with Gasteiger partial charge in [0.2, 0.25) is 5.82 Å². The van der Waals surface area contributed by atoms with E-state index in [1.807, 2.05) is 24.3 Å². The van der Waals surface area contributed by atoms with E-state index in [2.05, 4.69) is 111 Å². The maximum absolute atomic E-state index is 9.88. The van der Waals surface area contributed by atoms with Crippen LogP contribution in [0.3, 0.4) is 0 Å². The second-order valence-electron chi connectivity index (χ2n) is 10.9. The lowest BCUT2D eigenvalue weighted by Crippen LogP contribution is -2.02. The fourth-order valence-electron chi connectivity index (χ4n) is 7.27. The predicted molar refractivity (Wildman–Crippen MR) is 171 cm³/mol. The molecule has 0 aliphatic carbocycles. The lowest BCUT2D eigenvalue weighted by molar-refractivity contribution is 1.05. The van der Waals surface area contributed by atoms with E-state index in [9.17, 15) is 5.26 Å². The fraction of sp³-hybridized carbons (Fsp3) is 0. The Kier molecular flexibility index (Phi) is 3.94. The summed E-state index contributed by atoms with van der Waals surface area (Å²) >= 11 is 0. The molecule has 5 nitrogen and oxygen atoms in total. The van der Waals surface area contributed by atoms with Gasteiger partial charge in [-0.25, -0.2) is 9.97 Å². The third kappa shape index (κ3) is 2.53. The van der Waals surface area contributed by atoms with Crippen LogP contribution in [0, 0.1) is 11.3 Å². The Hall–Kier alpha value is -5.99. The molecule has 0 bridgehead atoms. The molecule has 0 aliphatic heterocycles. The van der Waals surface area contributed by atoms with Crippen LogP contribution in [-0.2, 0) is 0 Å². The molecule has 0 unspecified atom stereocenters. The molecule has 0 radical (unpaired) electrons. The summed E-state index contributed by atoms with van der Waals surface area (Å²) in [6.45, 7) is 0. The van der Waals surface area contributed by atoms with Gasteiger partial charge >= 0.3 is 0 Å². The second kappa shape index (κ2) is 7.60. The van der Waals surface area contributed by atoms with Crippen LogP contribution >= 0.6 is 0 Å². The molecule has 10 aromatic rings. The average Bonchev–Trinajstić information content (AvgIpc) is 3.68. The van der Waals surface area contributed by atoms with Gasteiger partial charge in [0.15, 0.2) is 0 Å². The van der Waals surface area contributed by atoms with E-state index in [1.165, 1.54) is 54.3 Å². The molecule has 0 saturated heterocycles. The Morgan fingerprint density at radius 3 is 2.10 bits per heavy atom. The number of benzene rings is 6. The van der Waals surface area contributed by atoms with Crippen LogP contribution in [-0.4, -0.2) is 18.9 Å². The first-order chi connectivity index (χ1) is 20.8. The topological polar surface area (TPSA) is 58.9 Å². The van der Waals surface area contributed by atoms with E-state index in [0.717, 1.165) is 33.1 Å². The number of hydrogen-bond acceptors (Lipinski definition) is 3. The number of para-hydroxylation sites is 3. The lowest BCUT2D eigenvalue weighted by atomic mass is 10.00. The third-order valence-electron chi connectivity index (χ3n) is 8.88. The van der Waals surface area contributed by atoms with Gasteiger partial charge in [0.05, 0.1) is 33.1 Å². The summed E-state index contributed by atoms with van der Waals surface area (Å²) in [7, 11) is 0. The minimum Gasteiger partial charge on any atom is -0.307 e. The fourth-order valence-corrected chi connectivity index (χ4v) is 7.27. The van der Waals surface area contributed by atoms with Crippen LogP contribution < -0.4 is 0 Å². The molecule has 0 saturated carbocycles. The van der Waals surface area contributed by atoms with Crippen LogP contribution in [0.5, 0.6) is 0 Å². The van der Waals surface area contributed by atoms with Crippen molar-refractivity contribution in [2.75, 3.05) is 0 Å². The van der Waals surface area contributed by atoms with Crippen LogP contribution in [0.1, 0.15) is 5.82 Å². The van der Waals surface area contributed by atoms with Crippen molar-refractivity contribution in [3.05, 3.63) is 121 Å². The molecule has 6 aromatic carbocycles. The van der Waals surface area contributed by atoms with Gasteiger partial charge < -0.3 is 4.40 Å². The average molecular weight is 534 g/mol. The normalized spacial score (nSPS) is 12.3. The smallest absolute Gasteiger partial charge is 0.234 e. The molecule has 42 heavy (non-hydrogen) atoms. The minimum atomic E-state index is 0.161. The van der Waals surface area contributed by atoms with Crippen molar-refractivity contribution < 1.29 is 0 Å². The van der Waals surface area contributed by atoms with Gasteiger partial charge in [0, 0.05) is 43.1 Å². The zero-order valence-corrected chi connectivity index (χ0v) is 22.2. The maximum atomic E-state index is 9.88. The van der Waals surface area contributed by atoms with E-state index < -0.39 is 0 Å². The SMILES string of the molecule is N#Cc1nc(-n2c3ccccc3c3c4c5ccc6ccccc6c5n5c6ccccc6c(cc32)c45)c2ccccc2n1. The monoisotopic (exact) mass is 533 g/mol. The number of aromatic nitrogens is 4. The zero-order chi connectivity index (χ0) is 27.5. The Labute approximate surface area is 238 Å². The highest BCUT2D eigenvalue weighted by Crippen LogP contribution is 2.48. The predicted octanol–water partition coefficient (Wildman–Crippen LogP) is 8.90. The summed E-state index contributed by atoms with van der Waals surface area (Å²) in [5, 5.41) is 20.5. The van der Waals surface area contributed by atoms with E-state index in [4.69, 9.17) is 4.98 Å². The summed E-state index contributed by atoms with van der Waals surface area (Å²) in [6.07, 6.45) is 0. The molecular weight excluding hydrogens is 514 g/mol. The summed E-state index contributed by atoms with van der Waals surface area (Å²) < 4.78 is 4.70. The van der Waals surface area contributed by atoms with Gasteiger partial charge in [-0.05, 0) is 35.7 Å². The van der Waals surface area contributed by atoms with E-state index >= 15 is 0 Å². The third-order valence-corrected chi connectivity index (χ3v) is 8.88. The molecule has 0 N–H and O–H groups in total. The summed E-state index contributed by atoms with van der Waals surface area (Å²) in [6, 6.07) is 42.9. The van der Waals surface area contributed by atoms with Crippen molar-refractivity contribution in [2.24, 2.45) is 0 Å². The standard InChI is InChI=1S/C37H19N5/c38-20-32-39-28-14-6-3-12-24(28)37(40-32)41-30-16-8-5-13-25(30)33-31(41)19-27-23-11-4-7-15-29(23)42-35-22-10-2-1-9-21(22)17-18-26(35)34(33)36(27)42/h1-19H. The van der Waals surface area contributed by atoms with E-state index in [-0.39, 0.29) is 5.82 Å². The molecule has 0 aliphatic rings. The molecule has 0 amide bonds. The Bertz CT molecular complexity index is 2810. The zero-order valence-electron chi connectivity index (χ0n) is 22.2. The summed E-state index contributed by atoms with van der Waals surface area (Å²) in [5.41, 5.74) is 6.54. The van der Waals surface area contributed by atoms with Gasteiger partial charge in [-0.3, -0.25) is 4.57 Å². The molecule has 0 atom stereocenters. The molecule has 0 spiro atoms. The highest BCUT2D eigenvalue weighted by molar-refractivity contribution is 6.37. The summed E-state index contributed by atoms with van der Waals surface area (Å²) in [5.74, 6) is 0.879. The second-order valence-corrected chi connectivity index (χ2v) is 10.9. The molecule has 5 heteroatoms. The highest BCUT2D eigenvalue weighted by Gasteiger charge is 2.25. The van der Waals surface area contributed by atoms with Crippen LogP contribution in [0.4, 0.5) is 0 Å². The van der Waals surface area contributed by atoms with Gasteiger partial charge in [-0.1, -0.05) is 84.9 Å². The van der Waals surface area contributed by atoms with Crippen LogP contribution in [0.2, 0.25) is 0 Å². The first-order valence-corrected chi connectivity index (χ1v) is 14.0. The van der Waals surface area contributed by atoms with Crippen molar-refractivity contribution in [3.8, 4) is 11.9 Å². The van der Waals surface area contributed by atoms with Gasteiger partial charge in [-0.15, -0.1) is 0 Å². The number of nitrogens with zero attached hydrogens (tertiary/aromatic N) is 5. The van der Waals surface area contributed by atoms with Crippen LogP contribution in [0.15, 0.2) is 115 Å². The number of rotatable bonds is 1. The van der Waals surface area contributed by atoms with Crippen molar-refractivity contribution >= 4 is 81.6 Å². The number of nitriles is 1. The van der Waals surface area contributed by atoms with Gasteiger partial charge in [0.1, 0.15) is 11.9 Å². The number of fused-ring (bicyclic) bond motifs is 13. The van der Waals surface area contributed by atoms with Crippen LogP contribution in [0.25, 0.3) is 87.4 Å². The van der Waals surface area contributed by atoms with Gasteiger partial charge in [-0.2, -0.15) is 5.26 Å². The molecule has 10 rings (SSSR count). The molecule has 4 heterocycles. The van der Waals surface area contributed by atoms with E-state index in [1.54, 1.807) is 0 Å². The van der Waals surface area contributed by atoms with E-state index in [0.29, 0.717) is 0 Å². The Balaban J connectivity index is 1.54. The first-order valence-electron chi connectivity index (χ1n) is 14.0. The highest BCUT2D eigenvalue weighted by atomic mass is 15.1. The molecule has 192 valence electrons. The molecule has 4 aromatic heterocycles. The largest absolute Gasteiger partial charge is 0.307 e. The lowest BCUT2D eigenvalue weighted by Gasteiger charge is -2.11. The Morgan fingerprint density at radius 1 is 0.524 bits per heavy atom. The van der Waals surface area contributed by atoms with Crippen molar-refractivity contribution in [1.82, 2.24) is 18.9 Å². The molecular formula is C37H19N5. The van der Waals surface area contributed by atoms with Gasteiger partial charge in [0.25, 0.3) is 0 Å². The quantitative estimate of drug-likeness (QED) is 0.212. The Morgan fingerprint density at radius 2 is 1.24 bits per heavy atom. The molecule has 0 fully saturated rings. The van der Waals surface area contributed by atoms with Crippen molar-refractivity contribution in [1.29, 1.82) is 5.26 Å². The van der Waals surface area contributed by atoms with Crippen molar-refractivity contribution in [2.45, 2.75) is 0 Å². The van der Waals surface area contributed by atoms with Crippen molar-refractivity contribution in [3.63, 3.8) is 0 Å².